The molecule has 0 atom stereocenters. The van der Waals surface area contributed by atoms with E-state index in [0.717, 1.165) is 18.4 Å². The monoisotopic (exact) mass is 226 g/mol. The molecule has 0 radical (unpaired) electrons. The minimum atomic E-state index is 0.348. The highest BCUT2D eigenvalue weighted by Gasteiger charge is 2.47. The van der Waals surface area contributed by atoms with Gasteiger partial charge in [-0.15, -0.1) is 0 Å². The van der Waals surface area contributed by atoms with Gasteiger partial charge in [-0.1, -0.05) is 27.7 Å². The maximum Gasteiger partial charge on any atom is 0.0337 e. The lowest BCUT2D eigenvalue weighted by atomic mass is 9.63. The third-order valence-electron chi connectivity index (χ3n) is 4.26. The van der Waals surface area contributed by atoms with Crippen LogP contribution < -0.4 is 5.73 Å². The molecule has 1 aliphatic carbocycles. The molecule has 96 valence electrons. The van der Waals surface area contributed by atoms with Crippen molar-refractivity contribution in [1.29, 1.82) is 0 Å². The molecule has 16 heavy (non-hydrogen) atoms. The predicted octanol–water partition coefficient (Wildman–Crippen LogP) is 2.87. The zero-order chi connectivity index (χ0) is 12.2. The van der Waals surface area contributed by atoms with Crippen molar-refractivity contribution in [3.63, 3.8) is 0 Å². The molecule has 0 aromatic heterocycles. The van der Waals surface area contributed by atoms with Gasteiger partial charge in [0.25, 0.3) is 0 Å². The summed E-state index contributed by atoms with van der Waals surface area (Å²) in [7, 11) is 0. The van der Waals surface area contributed by atoms with E-state index < -0.39 is 0 Å². The molecular formula is C14H30N2. The summed E-state index contributed by atoms with van der Waals surface area (Å²) in [6.45, 7) is 12.5. The van der Waals surface area contributed by atoms with Crippen molar-refractivity contribution >= 4 is 0 Å². The van der Waals surface area contributed by atoms with Crippen molar-refractivity contribution < 1.29 is 0 Å². The van der Waals surface area contributed by atoms with E-state index in [9.17, 15) is 0 Å². The normalized spacial score (nSPS) is 29.8. The summed E-state index contributed by atoms with van der Waals surface area (Å²) in [5.74, 6) is 1.73. The molecule has 0 unspecified atom stereocenters. The first-order valence-corrected chi connectivity index (χ1v) is 7.04. The summed E-state index contributed by atoms with van der Waals surface area (Å²) >= 11 is 0. The second-order valence-electron chi connectivity index (χ2n) is 5.83. The highest BCUT2D eigenvalue weighted by Crippen LogP contribution is 2.45. The summed E-state index contributed by atoms with van der Waals surface area (Å²) < 4.78 is 0. The van der Waals surface area contributed by atoms with Crippen LogP contribution in [-0.2, 0) is 0 Å². The van der Waals surface area contributed by atoms with E-state index in [0.29, 0.717) is 5.54 Å². The minimum absolute atomic E-state index is 0.348. The van der Waals surface area contributed by atoms with E-state index in [2.05, 4.69) is 32.6 Å². The van der Waals surface area contributed by atoms with Crippen molar-refractivity contribution in [3.05, 3.63) is 0 Å². The van der Waals surface area contributed by atoms with E-state index in [1.807, 2.05) is 0 Å². The van der Waals surface area contributed by atoms with Crippen molar-refractivity contribution in [2.24, 2.45) is 17.6 Å². The van der Waals surface area contributed by atoms with E-state index in [-0.39, 0.29) is 0 Å². The van der Waals surface area contributed by atoms with Gasteiger partial charge in [-0.2, -0.15) is 0 Å². The van der Waals surface area contributed by atoms with E-state index in [1.54, 1.807) is 0 Å². The molecule has 0 aromatic rings. The topological polar surface area (TPSA) is 29.3 Å². The summed E-state index contributed by atoms with van der Waals surface area (Å²) in [4.78, 5) is 2.66. The Kier molecular flexibility index (Phi) is 5.26. The Morgan fingerprint density at radius 3 is 2.00 bits per heavy atom. The van der Waals surface area contributed by atoms with Gasteiger partial charge >= 0.3 is 0 Å². The molecule has 1 rings (SSSR count). The average molecular weight is 226 g/mol. The lowest BCUT2D eigenvalue weighted by Gasteiger charge is -2.55. The molecule has 1 saturated carbocycles. The van der Waals surface area contributed by atoms with E-state index in [4.69, 9.17) is 5.73 Å². The van der Waals surface area contributed by atoms with Crippen LogP contribution in [0.4, 0.5) is 0 Å². The molecule has 1 aliphatic rings. The quantitative estimate of drug-likeness (QED) is 0.723. The van der Waals surface area contributed by atoms with Crippen LogP contribution in [0.1, 0.15) is 53.4 Å². The number of rotatable bonds is 7. The maximum atomic E-state index is 6.05. The molecule has 0 amide bonds. The summed E-state index contributed by atoms with van der Waals surface area (Å²) in [6, 6.07) is 0. The maximum absolute atomic E-state index is 6.05. The highest BCUT2D eigenvalue weighted by atomic mass is 15.2. The standard InChI is InChI=1S/C14H30N2/c1-5-7-16(8-6-2)14(11-15)9-13(10-14)12(3)4/h12-13H,5-11,15H2,1-4H3. The molecule has 0 spiro atoms. The van der Waals surface area contributed by atoms with E-state index in [1.165, 1.54) is 38.8 Å². The van der Waals surface area contributed by atoms with Gasteiger partial charge in [0.2, 0.25) is 0 Å². The van der Waals surface area contributed by atoms with Crippen LogP contribution in [0.3, 0.4) is 0 Å². The van der Waals surface area contributed by atoms with Gasteiger partial charge < -0.3 is 5.73 Å². The lowest BCUT2D eigenvalue weighted by Crippen LogP contribution is -2.62. The first kappa shape index (κ1) is 14.0. The predicted molar refractivity (Wildman–Crippen MR) is 71.5 cm³/mol. The summed E-state index contributed by atoms with van der Waals surface area (Å²) in [5.41, 5.74) is 6.40. The van der Waals surface area contributed by atoms with Gasteiger partial charge in [0.15, 0.2) is 0 Å². The molecule has 0 heterocycles. The summed E-state index contributed by atoms with van der Waals surface area (Å²) in [6.07, 6.45) is 5.13. The molecule has 2 N–H and O–H groups in total. The third kappa shape index (κ3) is 2.78. The van der Waals surface area contributed by atoms with Crippen LogP contribution in [0.25, 0.3) is 0 Å². The number of hydrogen-bond donors (Lipinski definition) is 1. The van der Waals surface area contributed by atoms with Gasteiger partial charge in [0.1, 0.15) is 0 Å². The molecule has 2 heteroatoms. The van der Waals surface area contributed by atoms with Gasteiger partial charge in [-0.05, 0) is 50.6 Å². The Balaban J connectivity index is 2.58. The first-order chi connectivity index (χ1) is 7.59. The number of nitrogens with two attached hydrogens (primary N) is 1. The summed E-state index contributed by atoms with van der Waals surface area (Å²) in [5, 5.41) is 0. The SMILES string of the molecule is CCCN(CCC)C1(CN)CC(C(C)C)C1. The molecule has 2 nitrogen and oxygen atoms in total. The Bertz CT molecular complexity index is 189. The zero-order valence-electron chi connectivity index (χ0n) is 11.6. The molecule has 0 aliphatic heterocycles. The fourth-order valence-electron chi connectivity index (χ4n) is 3.07. The molecule has 0 bridgehead atoms. The molecule has 1 fully saturated rings. The van der Waals surface area contributed by atoms with Crippen LogP contribution in [0.2, 0.25) is 0 Å². The van der Waals surface area contributed by atoms with Gasteiger partial charge in [-0.3, -0.25) is 4.90 Å². The lowest BCUT2D eigenvalue weighted by molar-refractivity contribution is -0.0352. The largest absolute Gasteiger partial charge is 0.329 e. The number of hydrogen-bond acceptors (Lipinski definition) is 2. The second-order valence-corrected chi connectivity index (χ2v) is 5.83. The molecule has 0 aromatic carbocycles. The van der Waals surface area contributed by atoms with Gasteiger partial charge in [0, 0.05) is 12.1 Å². The smallest absolute Gasteiger partial charge is 0.0337 e. The zero-order valence-corrected chi connectivity index (χ0v) is 11.6. The van der Waals surface area contributed by atoms with Gasteiger partial charge in [0.05, 0.1) is 0 Å². The first-order valence-electron chi connectivity index (χ1n) is 7.04. The van der Waals surface area contributed by atoms with Crippen molar-refractivity contribution in [2.75, 3.05) is 19.6 Å². The fourth-order valence-corrected chi connectivity index (χ4v) is 3.07. The van der Waals surface area contributed by atoms with Gasteiger partial charge in [-0.25, -0.2) is 0 Å². The Morgan fingerprint density at radius 1 is 1.19 bits per heavy atom. The Labute approximate surface area is 102 Å². The second kappa shape index (κ2) is 6.02. The third-order valence-corrected chi connectivity index (χ3v) is 4.26. The highest BCUT2D eigenvalue weighted by molar-refractivity contribution is 5.03. The van der Waals surface area contributed by atoms with Crippen LogP contribution in [0.15, 0.2) is 0 Å². The van der Waals surface area contributed by atoms with Crippen LogP contribution in [0.5, 0.6) is 0 Å². The molecule has 0 saturated heterocycles. The molecular weight excluding hydrogens is 196 g/mol. The average Bonchev–Trinajstić information content (AvgIpc) is 2.17. The minimum Gasteiger partial charge on any atom is -0.329 e. The van der Waals surface area contributed by atoms with Crippen molar-refractivity contribution in [3.8, 4) is 0 Å². The van der Waals surface area contributed by atoms with Crippen LogP contribution in [0, 0.1) is 11.8 Å². The number of nitrogens with zero attached hydrogens (tertiary/aromatic N) is 1. The van der Waals surface area contributed by atoms with E-state index >= 15 is 0 Å². The van der Waals surface area contributed by atoms with Crippen LogP contribution in [-0.4, -0.2) is 30.1 Å². The van der Waals surface area contributed by atoms with Crippen LogP contribution >= 0.6 is 0 Å². The Hall–Kier alpha value is -0.0800. The fraction of sp³-hybridized carbons (Fsp3) is 1.00. The Morgan fingerprint density at radius 2 is 1.69 bits per heavy atom. The van der Waals surface area contributed by atoms with Crippen molar-refractivity contribution in [2.45, 2.75) is 58.9 Å². The van der Waals surface area contributed by atoms with Crippen molar-refractivity contribution in [1.82, 2.24) is 4.90 Å².